The fourth-order valence-electron chi connectivity index (χ4n) is 5.31. The van der Waals surface area contributed by atoms with E-state index < -0.39 is 39.3 Å². The quantitative estimate of drug-likeness (QED) is 0.254. The van der Waals surface area contributed by atoms with Crippen LogP contribution in [0.15, 0.2) is 48.5 Å². The first kappa shape index (κ1) is 30.4. The Balaban J connectivity index is 2.09. The molecule has 0 aromatic heterocycles. The zero-order valence-electron chi connectivity index (χ0n) is 22.1. The lowest BCUT2D eigenvalue weighted by Gasteiger charge is -2.48. The molecule has 0 spiro atoms. The summed E-state index contributed by atoms with van der Waals surface area (Å²) < 4.78 is 79.5. The molecule has 0 heterocycles. The Morgan fingerprint density at radius 3 is 1.30 bits per heavy atom. The van der Waals surface area contributed by atoms with Gasteiger partial charge < -0.3 is 0 Å². The van der Waals surface area contributed by atoms with E-state index in [2.05, 4.69) is 54.9 Å². The summed E-state index contributed by atoms with van der Waals surface area (Å²) in [7, 11) is -1.94. The maximum absolute atomic E-state index is 13.3. The summed E-state index contributed by atoms with van der Waals surface area (Å²) in [5, 5.41) is 1.40. The van der Waals surface area contributed by atoms with E-state index in [0.717, 1.165) is 35.8 Å². The molecule has 0 saturated heterocycles. The van der Waals surface area contributed by atoms with Gasteiger partial charge in [0.1, 0.15) is 0 Å². The Bertz CT molecular complexity index is 956. The molecular formula is C29H33F6P2. The summed E-state index contributed by atoms with van der Waals surface area (Å²) in [5.41, 5.74) is -0.352. The molecule has 3 rings (SSSR count). The van der Waals surface area contributed by atoms with Gasteiger partial charge in [-0.05, 0) is 83.9 Å². The van der Waals surface area contributed by atoms with Gasteiger partial charge in [-0.3, -0.25) is 0 Å². The number of hydrogen-bond acceptors (Lipinski definition) is 0. The van der Waals surface area contributed by atoms with E-state index in [0.29, 0.717) is 10.6 Å². The van der Waals surface area contributed by atoms with Gasteiger partial charge in [0.05, 0.1) is 11.1 Å². The summed E-state index contributed by atoms with van der Waals surface area (Å²) in [5.74, 6) is 1.11. The average molecular weight is 558 g/mol. The molecular weight excluding hydrogens is 524 g/mol. The van der Waals surface area contributed by atoms with Crippen LogP contribution in [0.3, 0.4) is 0 Å². The van der Waals surface area contributed by atoms with Gasteiger partial charge in [-0.15, -0.1) is 0 Å². The monoisotopic (exact) mass is 557 g/mol. The molecule has 1 fully saturated rings. The third-order valence-corrected chi connectivity index (χ3v) is 12.7. The highest BCUT2D eigenvalue weighted by atomic mass is 31.1. The Kier molecular flexibility index (Phi) is 8.88. The fourth-order valence-corrected chi connectivity index (χ4v) is 12.8. The number of alkyl halides is 6. The molecule has 2 aromatic rings. The second-order valence-electron chi connectivity index (χ2n) is 11.2. The predicted octanol–water partition coefficient (Wildman–Crippen LogP) is 9.36. The van der Waals surface area contributed by atoms with Crippen molar-refractivity contribution in [3.05, 3.63) is 90.5 Å². The first-order valence-electron chi connectivity index (χ1n) is 12.0. The molecule has 201 valence electrons. The van der Waals surface area contributed by atoms with Gasteiger partial charge in [-0.2, -0.15) is 26.3 Å². The molecule has 0 N–H and O–H groups in total. The molecule has 0 aliphatic heterocycles. The summed E-state index contributed by atoms with van der Waals surface area (Å²) >= 11 is 0. The van der Waals surface area contributed by atoms with Gasteiger partial charge in [0.2, 0.25) is 0 Å². The SMILES string of the molecule is CC([C]1[CH][CH][CH][C]1P(c1ccc(C(F)(F)F)cc1)c1ccc(C(F)(F)F)cc1)P(C(C)(C)C)C(C)(C)C. The number of rotatable bonds is 5. The van der Waals surface area contributed by atoms with Crippen molar-refractivity contribution in [3.8, 4) is 0 Å². The molecule has 8 heteroatoms. The van der Waals surface area contributed by atoms with E-state index >= 15 is 0 Å². The lowest BCUT2D eigenvalue weighted by molar-refractivity contribution is -0.138. The van der Waals surface area contributed by atoms with E-state index in [4.69, 9.17) is 0 Å². The van der Waals surface area contributed by atoms with E-state index in [1.807, 2.05) is 12.8 Å². The molecule has 1 saturated carbocycles. The van der Waals surface area contributed by atoms with Gasteiger partial charge in [-0.25, -0.2) is 0 Å². The van der Waals surface area contributed by atoms with Crippen LogP contribution >= 0.6 is 15.8 Å². The zero-order valence-corrected chi connectivity index (χ0v) is 23.9. The number of halogens is 6. The minimum absolute atomic E-state index is 0.0347. The highest BCUT2D eigenvalue weighted by Crippen LogP contribution is 2.69. The Hall–Kier alpha value is -1.12. The summed E-state index contributed by atoms with van der Waals surface area (Å²) in [4.78, 5) is 0. The molecule has 37 heavy (non-hydrogen) atoms. The largest absolute Gasteiger partial charge is 0.416 e. The van der Waals surface area contributed by atoms with Crippen molar-refractivity contribution in [1.29, 1.82) is 0 Å². The van der Waals surface area contributed by atoms with Crippen molar-refractivity contribution in [2.75, 3.05) is 0 Å². The van der Waals surface area contributed by atoms with Crippen LogP contribution in [0, 0.1) is 30.8 Å². The van der Waals surface area contributed by atoms with Crippen LogP contribution in [0.2, 0.25) is 0 Å². The zero-order chi connectivity index (χ0) is 28.0. The second-order valence-corrected chi connectivity index (χ2v) is 17.6. The fraction of sp³-hybridized carbons (Fsp3) is 0.414. The molecule has 1 unspecified atom stereocenters. The summed E-state index contributed by atoms with van der Waals surface area (Å²) in [6.07, 6.45) is -2.94. The number of benzene rings is 2. The van der Waals surface area contributed by atoms with Gasteiger partial charge in [0.25, 0.3) is 0 Å². The molecule has 1 atom stereocenters. The van der Waals surface area contributed by atoms with E-state index in [-0.39, 0.29) is 16.0 Å². The van der Waals surface area contributed by atoms with Crippen LogP contribution in [-0.2, 0) is 12.4 Å². The van der Waals surface area contributed by atoms with Crippen molar-refractivity contribution in [1.82, 2.24) is 0 Å². The van der Waals surface area contributed by atoms with Crippen LogP contribution in [0.1, 0.15) is 59.6 Å². The van der Waals surface area contributed by atoms with Gasteiger partial charge in [0.15, 0.2) is 0 Å². The van der Waals surface area contributed by atoms with Crippen molar-refractivity contribution in [3.63, 3.8) is 0 Å². The lowest BCUT2D eigenvalue weighted by Crippen LogP contribution is -2.34. The van der Waals surface area contributed by atoms with Crippen molar-refractivity contribution in [2.45, 2.75) is 76.8 Å². The molecule has 5 radical (unpaired) electrons. The second kappa shape index (κ2) is 10.8. The molecule has 2 aromatic carbocycles. The third kappa shape index (κ3) is 7.10. The lowest BCUT2D eigenvalue weighted by atomic mass is 10.0. The first-order chi connectivity index (χ1) is 16.8. The standard InChI is InChI=1S/C29H33F6P2/c1-19(37(26(2,3)4)27(5,6)7)24-9-8-10-25(24)36(22-15-11-20(12-16-22)28(30,31)32)23-17-13-21(14-18-23)29(33,34)35/h8-19H,1-7H3. The first-order valence-corrected chi connectivity index (χ1v) is 14.8. The Labute approximate surface area is 220 Å². The maximum Gasteiger partial charge on any atom is 0.416 e. The van der Waals surface area contributed by atoms with Crippen LogP contribution in [0.5, 0.6) is 0 Å². The minimum atomic E-state index is -4.47. The summed E-state index contributed by atoms with van der Waals surface area (Å²) in [6, 6.07) is 10.1. The normalized spacial score (nSPS) is 17.7. The predicted molar refractivity (Wildman–Crippen MR) is 144 cm³/mol. The average Bonchev–Trinajstić information content (AvgIpc) is 3.21. The third-order valence-electron chi connectivity index (χ3n) is 6.26. The molecule has 0 bridgehead atoms. The van der Waals surface area contributed by atoms with Gasteiger partial charge in [-0.1, -0.05) is 80.7 Å². The van der Waals surface area contributed by atoms with Crippen LogP contribution in [0.4, 0.5) is 26.3 Å². The van der Waals surface area contributed by atoms with Gasteiger partial charge in [0, 0.05) is 5.66 Å². The Morgan fingerprint density at radius 2 is 0.973 bits per heavy atom. The topological polar surface area (TPSA) is 0 Å². The van der Waals surface area contributed by atoms with Crippen LogP contribution in [-0.4, -0.2) is 16.0 Å². The molecule has 1 aliphatic rings. The molecule has 0 amide bonds. The van der Waals surface area contributed by atoms with Crippen LogP contribution in [0.25, 0.3) is 0 Å². The Morgan fingerprint density at radius 1 is 0.595 bits per heavy atom. The van der Waals surface area contributed by atoms with Crippen molar-refractivity contribution >= 4 is 26.5 Å². The van der Waals surface area contributed by atoms with E-state index in [1.165, 1.54) is 24.3 Å². The van der Waals surface area contributed by atoms with Crippen LogP contribution < -0.4 is 10.6 Å². The van der Waals surface area contributed by atoms with Gasteiger partial charge >= 0.3 is 12.4 Å². The molecule has 1 aliphatic carbocycles. The van der Waals surface area contributed by atoms with Crippen molar-refractivity contribution in [2.24, 2.45) is 0 Å². The van der Waals surface area contributed by atoms with E-state index in [1.54, 1.807) is 0 Å². The highest BCUT2D eigenvalue weighted by Gasteiger charge is 2.47. The summed E-state index contributed by atoms with van der Waals surface area (Å²) in [6.45, 7) is 15.6. The van der Waals surface area contributed by atoms with E-state index in [9.17, 15) is 26.3 Å². The molecule has 0 nitrogen and oxygen atoms in total. The maximum atomic E-state index is 13.3. The highest BCUT2D eigenvalue weighted by molar-refractivity contribution is 7.76. The number of hydrogen-bond donors (Lipinski definition) is 0. The minimum Gasteiger partial charge on any atom is -0.166 e. The smallest absolute Gasteiger partial charge is 0.166 e. The van der Waals surface area contributed by atoms with Crippen molar-refractivity contribution < 1.29 is 26.3 Å².